The molecule has 0 atom stereocenters. The number of nitrogens with two attached hydrogens (primary N) is 1. The first-order chi connectivity index (χ1) is 6.94. The van der Waals surface area contributed by atoms with Gasteiger partial charge in [-0.2, -0.15) is 0 Å². The van der Waals surface area contributed by atoms with Crippen LogP contribution < -0.4 is 5.14 Å². The van der Waals surface area contributed by atoms with E-state index in [1.54, 1.807) is 18.2 Å². The number of fused-ring (bicyclic) bond motifs is 1. The molecule has 0 spiro atoms. The van der Waals surface area contributed by atoms with E-state index in [0.29, 0.717) is 5.56 Å². The summed E-state index contributed by atoms with van der Waals surface area (Å²) in [6.45, 7) is 1.85. The first-order valence-corrected chi connectivity index (χ1v) is 6.11. The van der Waals surface area contributed by atoms with Crippen molar-refractivity contribution in [2.24, 2.45) is 5.14 Å². The van der Waals surface area contributed by atoms with Crippen LogP contribution in [0.2, 0.25) is 0 Å². The van der Waals surface area contributed by atoms with E-state index in [-0.39, 0.29) is 5.75 Å². The van der Waals surface area contributed by atoms with Gasteiger partial charge in [0.1, 0.15) is 5.82 Å². The summed E-state index contributed by atoms with van der Waals surface area (Å²) in [5.74, 6) is 0.652. The first kappa shape index (κ1) is 10.1. The lowest BCUT2D eigenvalue weighted by atomic mass is 10.2. The molecule has 0 bridgehead atoms. The molecule has 0 saturated carbocycles. The van der Waals surface area contributed by atoms with Gasteiger partial charge in [0.2, 0.25) is 10.0 Å². The van der Waals surface area contributed by atoms with Gasteiger partial charge in [0, 0.05) is 0 Å². The van der Waals surface area contributed by atoms with E-state index in [0.717, 1.165) is 16.9 Å². The lowest BCUT2D eigenvalue weighted by molar-refractivity contribution is 0.597. The number of H-pyrrole nitrogens is 1. The molecule has 2 rings (SSSR count). The summed E-state index contributed by atoms with van der Waals surface area (Å²) in [5, 5.41) is 4.96. The van der Waals surface area contributed by atoms with Crippen LogP contribution in [0.4, 0.5) is 0 Å². The minimum Gasteiger partial charge on any atom is -0.342 e. The van der Waals surface area contributed by atoms with E-state index >= 15 is 0 Å². The number of rotatable bonds is 2. The fourth-order valence-corrected chi connectivity index (χ4v) is 2.15. The molecular formula is C9H11N3O2S. The smallest absolute Gasteiger partial charge is 0.213 e. The number of sulfonamides is 1. The Morgan fingerprint density at radius 2 is 2.20 bits per heavy atom. The van der Waals surface area contributed by atoms with Gasteiger partial charge in [-0.05, 0) is 24.6 Å². The highest BCUT2D eigenvalue weighted by atomic mass is 32.2. The minimum absolute atomic E-state index is 0.152. The van der Waals surface area contributed by atoms with Crippen LogP contribution in [0.25, 0.3) is 11.0 Å². The average Bonchev–Trinajstić information content (AvgIpc) is 2.40. The molecule has 15 heavy (non-hydrogen) atoms. The minimum atomic E-state index is -3.47. The quantitative estimate of drug-likeness (QED) is 0.786. The number of aromatic nitrogens is 2. The summed E-state index contributed by atoms with van der Waals surface area (Å²) in [7, 11) is -3.47. The van der Waals surface area contributed by atoms with Gasteiger partial charge in [-0.25, -0.2) is 18.5 Å². The number of aryl methyl sites for hydroxylation is 1. The molecule has 0 aliphatic rings. The SMILES string of the molecule is Cc1nc2ccc(CS(N)(=O)=O)cc2[nH]1. The largest absolute Gasteiger partial charge is 0.342 e. The van der Waals surface area contributed by atoms with Crippen molar-refractivity contribution < 1.29 is 8.42 Å². The van der Waals surface area contributed by atoms with Gasteiger partial charge in [0.05, 0.1) is 16.8 Å². The molecule has 3 N–H and O–H groups in total. The fraction of sp³-hybridized carbons (Fsp3) is 0.222. The zero-order chi connectivity index (χ0) is 11.1. The Hall–Kier alpha value is -1.40. The number of aromatic amines is 1. The highest BCUT2D eigenvalue weighted by molar-refractivity contribution is 7.88. The van der Waals surface area contributed by atoms with Gasteiger partial charge in [-0.3, -0.25) is 0 Å². The van der Waals surface area contributed by atoms with E-state index in [1.165, 1.54) is 0 Å². The van der Waals surface area contributed by atoms with Crippen molar-refractivity contribution in [3.63, 3.8) is 0 Å². The van der Waals surface area contributed by atoms with Gasteiger partial charge in [0.25, 0.3) is 0 Å². The van der Waals surface area contributed by atoms with Crippen LogP contribution in [-0.2, 0) is 15.8 Å². The van der Waals surface area contributed by atoms with Gasteiger partial charge < -0.3 is 4.98 Å². The fourth-order valence-electron chi connectivity index (χ4n) is 1.51. The molecule has 1 aromatic carbocycles. The molecule has 6 heteroatoms. The summed E-state index contributed by atoms with van der Waals surface area (Å²) >= 11 is 0. The summed E-state index contributed by atoms with van der Waals surface area (Å²) in [6.07, 6.45) is 0. The molecular weight excluding hydrogens is 214 g/mol. The van der Waals surface area contributed by atoms with Crippen molar-refractivity contribution >= 4 is 21.1 Å². The number of primary sulfonamides is 1. The molecule has 80 valence electrons. The maximum atomic E-state index is 10.9. The Labute approximate surface area is 87.4 Å². The van der Waals surface area contributed by atoms with Crippen LogP contribution in [0.15, 0.2) is 18.2 Å². The van der Waals surface area contributed by atoms with Crippen LogP contribution in [0, 0.1) is 6.92 Å². The maximum absolute atomic E-state index is 10.9. The molecule has 5 nitrogen and oxygen atoms in total. The van der Waals surface area contributed by atoms with Gasteiger partial charge >= 0.3 is 0 Å². The van der Waals surface area contributed by atoms with Gasteiger partial charge in [-0.15, -0.1) is 0 Å². The summed E-state index contributed by atoms with van der Waals surface area (Å²) < 4.78 is 21.8. The van der Waals surface area contributed by atoms with Crippen molar-refractivity contribution in [3.8, 4) is 0 Å². The Balaban J connectivity index is 2.47. The predicted molar refractivity (Wildman–Crippen MR) is 57.6 cm³/mol. The summed E-state index contributed by atoms with van der Waals surface area (Å²) in [6, 6.07) is 5.24. The normalized spacial score (nSPS) is 12.1. The molecule has 1 aromatic heterocycles. The number of hydrogen-bond donors (Lipinski definition) is 2. The molecule has 0 aliphatic heterocycles. The van der Waals surface area contributed by atoms with Crippen molar-refractivity contribution in [2.45, 2.75) is 12.7 Å². The second kappa shape index (κ2) is 3.32. The van der Waals surface area contributed by atoms with Crippen LogP contribution in [0.5, 0.6) is 0 Å². The van der Waals surface area contributed by atoms with Crippen LogP contribution in [-0.4, -0.2) is 18.4 Å². The lowest BCUT2D eigenvalue weighted by Gasteiger charge is -1.98. The average molecular weight is 225 g/mol. The van der Waals surface area contributed by atoms with Crippen molar-refractivity contribution in [1.29, 1.82) is 0 Å². The Bertz CT molecular complexity index is 601. The van der Waals surface area contributed by atoms with E-state index in [2.05, 4.69) is 9.97 Å². The Morgan fingerprint density at radius 3 is 2.87 bits per heavy atom. The second-order valence-corrected chi connectivity index (χ2v) is 5.10. The monoisotopic (exact) mass is 225 g/mol. The van der Waals surface area contributed by atoms with Crippen molar-refractivity contribution in [1.82, 2.24) is 9.97 Å². The third-order valence-electron chi connectivity index (χ3n) is 2.03. The summed E-state index contributed by atoms with van der Waals surface area (Å²) in [4.78, 5) is 7.25. The third kappa shape index (κ3) is 2.34. The zero-order valence-corrected chi connectivity index (χ0v) is 9.00. The standard InChI is InChI=1S/C9H11N3O2S/c1-6-11-8-3-2-7(4-9(8)12-6)5-15(10,13)14/h2-4H,5H2,1H3,(H,11,12)(H2,10,13,14). The molecule has 0 amide bonds. The number of nitrogens with one attached hydrogen (secondary N) is 1. The number of nitrogens with zero attached hydrogens (tertiary/aromatic N) is 1. The predicted octanol–water partition coefficient (Wildman–Crippen LogP) is 0.660. The van der Waals surface area contributed by atoms with E-state index in [1.807, 2.05) is 6.92 Å². The second-order valence-electron chi connectivity index (χ2n) is 3.48. The Morgan fingerprint density at radius 1 is 1.47 bits per heavy atom. The van der Waals surface area contributed by atoms with Crippen molar-refractivity contribution in [3.05, 3.63) is 29.6 Å². The highest BCUT2D eigenvalue weighted by Gasteiger charge is 2.06. The van der Waals surface area contributed by atoms with Crippen molar-refractivity contribution in [2.75, 3.05) is 0 Å². The van der Waals surface area contributed by atoms with Crippen LogP contribution in [0.1, 0.15) is 11.4 Å². The summed E-state index contributed by atoms with van der Waals surface area (Å²) in [5.41, 5.74) is 2.31. The molecule has 0 unspecified atom stereocenters. The zero-order valence-electron chi connectivity index (χ0n) is 8.19. The van der Waals surface area contributed by atoms with E-state index in [9.17, 15) is 8.42 Å². The molecule has 1 heterocycles. The highest BCUT2D eigenvalue weighted by Crippen LogP contribution is 2.14. The lowest BCUT2D eigenvalue weighted by Crippen LogP contribution is -2.14. The third-order valence-corrected chi connectivity index (χ3v) is 2.77. The van der Waals surface area contributed by atoms with E-state index in [4.69, 9.17) is 5.14 Å². The molecule has 0 saturated heterocycles. The maximum Gasteiger partial charge on any atom is 0.213 e. The Kier molecular flexibility index (Phi) is 2.24. The topological polar surface area (TPSA) is 88.8 Å². The molecule has 2 aromatic rings. The molecule has 0 aliphatic carbocycles. The van der Waals surface area contributed by atoms with Gasteiger partial charge in [-0.1, -0.05) is 6.07 Å². The van der Waals surface area contributed by atoms with Gasteiger partial charge in [0.15, 0.2) is 0 Å². The van der Waals surface area contributed by atoms with E-state index < -0.39 is 10.0 Å². The number of imidazole rings is 1. The van der Waals surface area contributed by atoms with Crippen LogP contribution >= 0.6 is 0 Å². The number of benzene rings is 1. The molecule has 0 fully saturated rings. The number of hydrogen-bond acceptors (Lipinski definition) is 3. The van der Waals surface area contributed by atoms with Crippen LogP contribution in [0.3, 0.4) is 0 Å². The molecule has 0 radical (unpaired) electrons. The first-order valence-electron chi connectivity index (χ1n) is 4.40.